The summed E-state index contributed by atoms with van der Waals surface area (Å²) in [6, 6.07) is 0. The zero-order valence-electron chi connectivity index (χ0n) is 13.8. The van der Waals surface area contributed by atoms with Gasteiger partial charge in [-0.2, -0.15) is 0 Å². The van der Waals surface area contributed by atoms with E-state index in [1.807, 2.05) is 0 Å². The van der Waals surface area contributed by atoms with E-state index in [1.165, 1.54) is 96.3 Å². The highest BCUT2D eigenvalue weighted by Crippen LogP contribution is 2.10. The first-order valence-electron chi connectivity index (χ1n) is 9.06. The second kappa shape index (κ2) is 17.7. The predicted octanol–water partition coefficient (Wildman–Crippen LogP) is 7.43. The van der Waals surface area contributed by atoms with E-state index in [9.17, 15) is 0 Å². The van der Waals surface area contributed by atoms with Gasteiger partial charge < -0.3 is 0 Å². The molecule has 0 spiro atoms. The second-order valence-electron chi connectivity index (χ2n) is 5.94. The first-order chi connectivity index (χ1) is 9.41. The summed E-state index contributed by atoms with van der Waals surface area (Å²) in [6.45, 7) is 4.57. The second-order valence-corrected chi connectivity index (χ2v) is 5.94. The topological polar surface area (TPSA) is 0 Å². The van der Waals surface area contributed by atoms with Crippen LogP contribution in [-0.4, -0.2) is 0 Å². The van der Waals surface area contributed by atoms with Crippen molar-refractivity contribution < 1.29 is 0 Å². The Kier molecular flexibility index (Phi) is 17.5. The fourth-order valence-corrected chi connectivity index (χ4v) is 2.50. The highest BCUT2D eigenvalue weighted by Gasteiger charge is 1.90. The molecule has 0 heterocycles. The van der Waals surface area contributed by atoms with Crippen molar-refractivity contribution in [2.75, 3.05) is 0 Å². The van der Waals surface area contributed by atoms with E-state index < -0.39 is 0 Å². The van der Waals surface area contributed by atoms with Gasteiger partial charge in [0.05, 0.1) is 0 Å². The highest BCUT2D eigenvalue weighted by atomic mass is 14.0. The van der Waals surface area contributed by atoms with E-state index >= 15 is 0 Å². The molecule has 0 aromatic carbocycles. The van der Waals surface area contributed by atoms with Gasteiger partial charge >= 0.3 is 0 Å². The Morgan fingerprint density at radius 2 is 0.737 bits per heavy atom. The Labute approximate surface area is 123 Å². The monoisotopic (exact) mass is 266 g/mol. The molecule has 0 aromatic rings. The number of hydrogen-bond donors (Lipinski definition) is 0. The van der Waals surface area contributed by atoms with E-state index in [-0.39, 0.29) is 0 Å². The predicted molar refractivity (Wildman–Crippen MR) is 89.7 cm³/mol. The summed E-state index contributed by atoms with van der Waals surface area (Å²) in [6.07, 6.45) is 25.9. The molecule has 0 saturated carbocycles. The molecule has 0 fully saturated rings. The molecule has 0 rings (SSSR count). The van der Waals surface area contributed by atoms with Crippen molar-refractivity contribution in [3.8, 4) is 0 Å². The molecule has 0 saturated heterocycles. The van der Waals surface area contributed by atoms with Gasteiger partial charge in [0, 0.05) is 0 Å². The zero-order chi connectivity index (χ0) is 14.0. The third-order valence-electron chi connectivity index (χ3n) is 3.87. The van der Waals surface area contributed by atoms with Crippen molar-refractivity contribution in [3.05, 3.63) is 12.2 Å². The quantitative estimate of drug-likeness (QED) is 0.213. The van der Waals surface area contributed by atoms with Crippen molar-refractivity contribution in [2.45, 2.75) is 110 Å². The van der Waals surface area contributed by atoms with Gasteiger partial charge in [0.15, 0.2) is 0 Å². The van der Waals surface area contributed by atoms with Crippen LogP contribution < -0.4 is 0 Å². The Balaban J connectivity index is 3.00. The molecule has 19 heavy (non-hydrogen) atoms. The molecule has 0 nitrogen and oxygen atoms in total. The smallest absolute Gasteiger partial charge is 0.0351 e. The maximum atomic E-state index is 2.41. The van der Waals surface area contributed by atoms with Crippen molar-refractivity contribution in [3.63, 3.8) is 0 Å². The Morgan fingerprint density at radius 3 is 1.11 bits per heavy atom. The normalized spacial score (nSPS) is 11.5. The minimum atomic E-state index is 1.31. The maximum Gasteiger partial charge on any atom is -0.0351 e. The molecule has 114 valence electrons. The molecule has 0 aliphatic rings. The lowest BCUT2D eigenvalue weighted by Gasteiger charge is -2.00. The Hall–Kier alpha value is -0.260. The van der Waals surface area contributed by atoms with Crippen LogP contribution in [0.25, 0.3) is 0 Å². The molecule has 0 atom stereocenters. The third-order valence-corrected chi connectivity index (χ3v) is 3.87. The van der Waals surface area contributed by atoms with Crippen molar-refractivity contribution in [2.24, 2.45) is 0 Å². The number of rotatable bonds is 15. The van der Waals surface area contributed by atoms with Gasteiger partial charge in [-0.05, 0) is 25.7 Å². The maximum absolute atomic E-state index is 2.41. The van der Waals surface area contributed by atoms with Gasteiger partial charge in [0.25, 0.3) is 0 Å². The van der Waals surface area contributed by atoms with Crippen LogP contribution in [0, 0.1) is 0 Å². The molecular formula is C19H38. The van der Waals surface area contributed by atoms with Gasteiger partial charge in [0.2, 0.25) is 0 Å². The first kappa shape index (κ1) is 18.7. The minimum Gasteiger partial charge on any atom is -0.0885 e. The number of allylic oxidation sites excluding steroid dienone is 2. The van der Waals surface area contributed by atoms with Gasteiger partial charge in [0.1, 0.15) is 0 Å². The summed E-state index contributed by atoms with van der Waals surface area (Å²) in [5.74, 6) is 0. The SMILES string of the molecule is CCCCCCC/C=C/CCCCCCCCCC. The van der Waals surface area contributed by atoms with E-state index in [0.29, 0.717) is 0 Å². The van der Waals surface area contributed by atoms with Crippen LogP contribution in [0.15, 0.2) is 12.2 Å². The average molecular weight is 267 g/mol. The fraction of sp³-hybridized carbons (Fsp3) is 0.895. The fourth-order valence-electron chi connectivity index (χ4n) is 2.50. The van der Waals surface area contributed by atoms with Crippen molar-refractivity contribution >= 4 is 0 Å². The van der Waals surface area contributed by atoms with Gasteiger partial charge in [-0.25, -0.2) is 0 Å². The molecule has 0 aliphatic carbocycles. The lowest BCUT2D eigenvalue weighted by Crippen LogP contribution is -1.80. The standard InChI is InChI=1S/C19H38/c1-3-5-7-9-11-13-15-17-19-18-16-14-12-10-8-6-4-2/h15,17H,3-14,16,18-19H2,1-2H3/b17-15+. The largest absolute Gasteiger partial charge is 0.0885 e. The highest BCUT2D eigenvalue weighted by molar-refractivity contribution is 4.81. The van der Waals surface area contributed by atoms with Crippen molar-refractivity contribution in [1.82, 2.24) is 0 Å². The van der Waals surface area contributed by atoms with Crippen LogP contribution >= 0.6 is 0 Å². The van der Waals surface area contributed by atoms with Crippen LogP contribution in [0.2, 0.25) is 0 Å². The summed E-state index contributed by atoms with van der Waals surface area (Å²) in [4.78, 5) is 0. The van der Waals surface area contributed by atoms with Crippen LogP contribution in [0.1, 0.15) is 110 Å². The van der Waals surface area contributed by atoms with Crippen LogP contribution in [0.5, 0.6) is 0 Å². The van der Waals surface area contributed by atoms with Gasteiger partial charge in [-0.3, -0.25) is 0 Å². The zero-order valence-corrected chi connectivity index (χ0v) is 13.8. The average Bonchev–Trinajstić information content (AvgIpc) is 2.43. The number of hydrogen-bond acceptors (Lipinski definition) is 0. The van der Waals surface area contributed by atoms with E-state index in [4.69, 9.17) is 0 Å². The van der Waals surface area contributed by atoms with Crippen LogP contribution in [0.3, 0.4) is 0 Å². The molecule has 0 aromatic heterocycles. The summed E-state index contributed by atoms with van der Waals surface area (Å²) < 4.78 is 0. The number of unbranched alkanes of at least 4 members (excludes halogenated alkanes) is 13. The molecule has 0 radical (unpaired) electrons. The molecular weight excluding hydrogens is 228 g/mol. The molecule has 0 aliphatic heterocycles. The minimum absolute atomic E-state index is 1.31. The van der Waals surface area contributed by atoms with E-state index in [1.54, 1.807) is 0 Å². The van der Waals surface area contributed by atoms with Crippen LogP contribution in [-0.2, 0) is 0 Å². The van der Waals surface area contributed by atoms with Crippen LogP contribution in [0.4, 0.5) is 0 Å². The first-order valence-corrected chi connectivity index (χ1v) is 9.06. The molecule has 0 unspecified atom stereocenters. The third kappa shape index (κ3) is 17.7. The summed E-state index contributed by atoms with van der Waals surface area (Å²) in [5, 5.41) is 0. The summed E-state index contributed by atoms with van der Waals surface area (Å²) in [5.41, 5.74) is 0. The Morgan fingerprint density at radius 1 is 0.421 bits per heavy atom. The van der Waals surface area contributed by atoms with Gasteiger partial charge in [-0.15, -0.1) is 0 Å². The lowest BCUT2D eigenvalue weighted by atomic mass is 10.1. The molecule has 0 amide bonds. The molecule has 0 heteroatoms. The molecule has 0 N–H and O–H groups in total. The Bertz CT molecular complexity index is 169. The summed E-state index contributed by atoms with van der Waals surface area (Å²) in [7, 11) is 0. The van der Waals surface area contributed by atoms with E-state index in [0.717, 1.165) is 0 Å². The van der Waals surface area contributed by atoms with Crippen molar-refractivity contribution in [1.29, 1.82) is 0 Å². The van der Waals surface area contributed by atoms with Gasteiger partial charge in [-0.1, -0.05) is 96.6 Å². The summed E-state index contributed by atoms with van der Waals surface area (Å²) >= 11 is 0. The van der Waals surface area contributed by atoms with E-state index in [2.05, 4.69) is 26.0 Å². The molecule has 0 bridgehead atoms. The lowest BCUT2D eigenvalue weighted by molar-refractivity contribution is 0.577.